The van der Waals surface area contributed by atoms with Crippen LogP contribution in [0.1, 0.15) is 13.8 Å². The molecule has 0 bridgehead atoms. The molecule has 0 aromatic heterocycles. The Morgan fingerprint density at radius 3 is 1.62 bits per heavy atom. The van der Waals surface area contributed by atoms with Crippen LogP contribution in [-0.4, -0.2) is 17.2 Å². The quantitative estimate of drug-likeness (QED) is 0.455. The van der Waals surface area contributed by atoms with Gasteiger partial charge < -0.3 is 0 Å². The van der Waals surface area contributed by atoms with Crippen molar-refractivity contribution >= 4 is 21.7 Å². The molecular formula is C3H7ClO3S. The van der Waals surface area contributed by atoms with Crippen LogP contribution in [-0.2, 0) is 10.1 Å². The Bertz CT molecular complexity index is 163. The number of halogens is 1. The van der Waals surface area contributed by atoms with Gasteiger partial charge in [-0.05, 0) is 13.8 Å². The molecule has 0 fully saturated rings. The van der Waals surface area contributed by atoms with Crippen molar-refractivity contribution < 1.29 is 13.0 Å². The summed E-state index contributed by atoms with van der Waals surface area (Å²) >= 11 is 5.17. The number of hydrogen-bond acceptors (Lipinski definition) is 2. The van der Waals surface area contributed by atoms with Gasteiger partial charge in [0.2, 0.25) is 0 Å². The van der Waals surface area contributed by atoms with Gasteiger partial charge in [0.1, 0.15) is 0 Å². The smallest absolute Gasteiger partial charge is 0.284 e. The lowest BCUT2D eigenvalue weighted by atomic mass is 10.6. The van der Waals surface area contributed by atoms with E-state index in [1.807, 2.05) is 0 Å². The van der Waals surface area contributed by atoms with Crippen molar-refractivity contribution in [3.8, 4) is 0 Å². The Kier molecular flexibility index (Phi) is 1.91. The van der Waals surface area contributed by atoms with E-state index in [0.717, 1.165) is 0 Å². The van der Waals surface area contributed by atoms with Crippen molar-refractivity contribution in [1.29, 1.82) is 0 Å². The van der Waals surface area contributed by atoms with Crippen molar-refractivity contribution in [3.05, 3.63) is 0 Å². The van der Waals surface area contributed by atoms with E-state index >= 15 is 0 Å². The van der Waals surface area contributed by atoms with Crippen molar-refractivity contribution in [3.63, 3.8) is 0 Å². The standard InChI is InChI=1S/C3H7ClO3S/c1-3(2,4)8(5,6)7/h1-2H3,(H,5,6,7). The van der Waals surface area contributed by atoms with Gasteiger partial charge in [-0.15, -0.1) is 0 Å². The van der Waals surface area contributed by atoms with Crippen LogP contribution in [0.25, 0.3) is 0 Å². The number of rotatable bonds is 1. The fourth-order valence-corrected chi connectivity index (χ4v) is 0. The maximum Gasteiger partial charge on any atom is 0.284 e. The van der Waals surface area contributed by atoms with Gasteiger partial charge in [-0.2, -0.15) is 8.42 Å². The lowest BCUT2D eigenvalue weighted by Crippen LogP contribution is -2.23. The normalized spacial score (nSPS) is 14.0. The van der Waals surface area contributed by atoms with Crippen LogP contribution in [0.3, 0.4) is 0 Å². The van der Waals surface area contributed by atoms with Crippen LogP contribution < -0.4 is 0 Å². The molecule has 0 radical (unpaired) electrons. The number of alkyl halides is 1. The van der Waals surface area contributed by atoms with Gasteiger partial charge in [-0.3, -0.25) is 4.55 Å². The average molecular weight is 159 g/mol. The Balaban J connectivity index is 4.53. The molecule has 1 N–H and O–H groups in total. The highest BCUT2D eigenvalue weighted by atomic mass is 35.5. The molecule has 0 amide bonds. The fourth-order valence-electron chi connectivity index (χ4n) is 0. The highest BCUT2D eigenvalue weighted by Crippen LogP contribution is 2.18. The molecule has 8 heavy (non-hydrogen) atoms. The highest BCUT2D eigenvalue weighted by molar-refractivity contribution is 7.88. The second-order valence-corrected chi connectivity index (χ2v) is 4.98. The Labute approximate surface area is 53.4 Å². The van der Waals surface area contributed by atoms with E-state index in [4.69, 9.17) is 16.2 Å². The van der Waals surface area contributed by atoms with Crippen LogP contribution in [0.15, 0.2) is 0 Å². The van der Waals surface area contributed by atoms with Crippen molar-refractivity contribution in [2.75, 3.05) is 0 Å². The third-order valence-corrected chi connectivity index (χ3v) is 2.43. The predicted octanol–water partition coefficient (Wildman–Crippen LogP) is 0.849. The Hall–Kier alpha value is 0.200. The minimum atomic E-state index is -4.07. The molecule has 0 heterocycles. The summed E-state index contributed by atoms with van der Waals surface area (Å²) in [6.07, 6.45) is 0. The highest BCUT2D eigenvalue weighted by Gasteiger charge is 2.28. The molecule has 0 saturated carbocycles. The zero-order chi connectivity index (χ0) is 7.00. The molecule has 0 aliphatic carbocycles. The summed E-state index contributed by atoms with van der Waals surface area (Å²) in [4.78, 5) is 0. The Morgan fingerprint density at radius 2 is 1.62 bits per heavy atom. The lowest BCUT2D eigenvalue weighted by molar-refractivity contribution is 0.467. The van der Waals surface area contributed by atoms with Gasteiger partial charge in [0, 0.05) is 0 Å². The molecule has 0 saturated heterocycles. The van der Waals surface area contributed by atoms with Gasteiger partial charge in [0.05, 0.1) is 0 Å². The average Bonchev–Trinajstić information content (AvgIpc) is 1.25. The van der Waals surface area contributed by atoms with Crippen molar-refractivity contribution in [2.24, 2.45) is 0 Å². The minimum absolute atomic E-state index is 1.20. The van der Waals surface area contributed by atoms with Crippen LogP contribution >= 0.6 is 11.6 Å². The first-order valence-electron chi connectivity index (χ1n) is 1.91. The molecule has 0 aliphatic rings. The van der Waals surface area contributed by atoms with Crippen LogP contribution in [0.5, 0.6) is 0 Å². The van der Waals surface area contributed by atoms with Gasteiger partial charge >= 0.3 is 0 Å². The van der Waals surface area contributed by atoms with Gasteiger partial charge in [-0.25, -0.2) is 0 Å². The van der Waals surface area contributed by atoms with E-state index in [2.05, 4.69) is 0 Å². The molecule has 50 valence electrons. The third kappa shape index (κ3) is 1.98. The SMILES string of the molecule is CC(C)(Cl)S(=O)(=O)O. The first-order valence-corrected chi connectivity index (χ1v) is 3.73. The first kappa shape index (κ1) is 8.20. The largest absolute Gasteiger partial charge is 0.284 e. The first-order chi connectivity index (χ1) is 3.25. The van der Waals surface area contributed by atoms with Crippen LogP contribution in [0.2, 0.25) is 0 Å². The zero-order valence-electron chi connectivity index (χ0n) is 4.55. The predicted molar refractivity (Wildman–Crippen MR) is 31.5 cm³/mol. The molecule has 0 rings (SSSR count). The molecule has 0 unspecified atom stereocenters. The fraction of sp³-hybridized carbons (Fsp3) is 1.00. The second kappa shape index (κ2) is 1.86. The summed E-state index contributed by atoms with van der Waals surface area (Å²) in [6.45, 7) is 2.40. The number of hydrogen-bond donors (Lipinski definition) is 1. The molecule has 3 nitrogen and oxygen atoms in total. The summed E-state index contributed by atoms with van der Waals surface area (Å²) in [7, 11) is -4.07. The van der Waals surface area contributed by atoms with Gasteiger partial charge in [0.25, 0.3) is 10.1 Å². The molecule has 0 aromatic rings. The summed E-state index contributed by atoms with van der Waals surface area (Å²) in [6, 6.07) is 0. The van der Waals surface area contributed by atoms with Crippen molar-refractivity contribution in [1.82, 2.24) is 0 Å². The molecule has 0 spiro atoms. The summed E-state index contributed by atoms with van der Waals surface area (Å²) in [5, 5.41) is 0. The molecule has 0 aliphatic heterocycles. The second-order valence-electron chi connectivity index (χ2n) is 1.84. The van der Waals surface area contributed by atoms with E-state index in [1.165, 1.54) is 13.8 Å². The monoisotopic (exact) mass is 158 g/mol. The Morgan fingerprint density at radius 1 is 1.50 bits per heavy atom. The van der Waals surface area contributed by atoms with Crippen LogP contribution in [0.4, 0.5) is 0 Å². The zero-order valence-corrected chi connectivity index (χ0v) is 6.12. The van der Waals surface area contributed by atoms with E-state index in [9.17, 15) is 8.42 Å². The summed E-state index contributed by atoms with van der Waals surface area (Å²) in [5.41, 5.74) is 0. The summed E-state index contributed by atoms with van der Waals surface area (Å²) in [5.74, 6) is 0. The molecular weight excluding hydrogens is 152 g/mol. The maximum atomic E-state index is 10.1. The minimum Gasteiger partial charge on any atom is -0.284 e. The third-order valence-electron chi connectivity index (χ3n) is 0.613. The van der Waals surface area contributed by atoms with Gasteiger partial charge in [-0.1, -0.05) is 11.6 Å². The summed E-state index contributed by atoms with van der Waals surface area (Å²) < 4.78 is 26.8. The maximum absolute atomic E-state index is 10.1. The topological polar surface area (TPSA) is 54.4 Å². The van der Waals surface area contributed by atoms with E-state index in [1.54, 1.807) is 0 Å². The van der Waals surface area contributed by atoms with E-state index in [0.29, 0.717) is 0 Å². The van der Waals surface area contributed by atoms with Gasteiger partial charge in [0.15, 0.2) is 4.21 Å². The molecule has 0 atom stereocenters. The van der Waals surface area contributed by atoms with Crippen molar-refractivity contribution in [2.45, 2.75) is 18.1 Å². The van der Waals surface area contributed by atoms with E-state index < -0.39 is 14.3 Å². The molecule has 0 aromatic carbocycles. The lowest BCUT2D eigenvalue weighted by Gasteiger charge is -2.09. The van der Waals surface area contributed by atoms with E-state index in [-0.39, 0.29) is 0 Å². The van der Waals surface area contributed by atoms with Crippen LogP contribution in [0, 0.1) is 0 Å². The molecule has 5 heteroatoms.